The number of nitrogens with zero attached hydrogens (tertiary/aromatic N) is 3. The lowest BCUT2D eigenvalue weighted by Gasteiger charge is -2.13. The molecule has 4 nitrogen and oxygen atoms in total. The van der Waals surface area contributed by atoms with E-state index < -0.39 is 0 Å². The molecule has 2 aromatic heterocycles. The maximum atomic E-state index is 4.02. The third kappa shape index (κ3) is 2.08. The van der Waals surface area contributed by atoms with Gasteiger partial charge in [0.05, 0.1) is 17.9 Å². The van der Waals surface area contributed by atoms with Gasteiger partial charge in [0.2, 0.25) is 0 Å². The molecule has 96 valence electrons. The van der Waals surface area contributed by atoms with Crippen LogP contribution in [0.4, 0.5) is 0 Å². The molecular formula is C12H16N4S2. The van der Waals surface area contributed by atoms with Crippen LogP contribution >= 0.6 is 23.1 Å². The Balaban J connectivity index is 1.97. The third-order valence-corrected chi connectivity index (χ3v) is 5.58. The lowest BCUT2D eigenvalue weighted by Crippen LogP contribution is -2.19. The molecule has 0 bridgehead atoms. The molecule has 1 atom stereocenters. The van der Waals surface area contributed by atoms with Gasteiger partial charge in [0.15, 0.2) is 0 Å². The summed E-state index contributed by atoms with van der Waals surface area (Å²) in [7, 11) is 3.93. The Hall–Kier alpha value is -0.850. The van der Waals surface area contributed by atoms with Gasteiger partial charge in [-0.25, -0.2) is 0 Å². The van der Waals surface area contributed by atoms with Crippen molar-refractivity contribution in [3.05, 3.63) is 33.3 Å². The molecule has 6 heteroatoms. The highest BCUT2D eigenvalue weighted by molar-refractivity contribution is 7.98. The molecule has 1 aliphatic heterocycles. The largest absolute Gasteiger partial charge is 0.307 e. The van der Waals surface area contributed by atoms with E-state index >= 15 is 0 Å². The molecule has 0 aromatic carbocycles. The van der Waals surface area contributed by atoms with Gasteiger partial charge in [0.25, 0.3) is 0 Å². The van der Waals surface area contributed by atoms with Crippen LogP contribution in [0.3, 0.4) is 0 Å². The zero-order chi connectivity index (χ0) is 12.5. The maximum absolute atomic E-state index is 4.02. The van der Waals surface area contributed by atoms with Crippen molar-refractivity contribution in [2.45, 2.75) is 18.2 Å². The highest BCUT2D eigenvalue weighted by Gasteiger charge is 2.21. The van der Waals surface area contributed by atoms with Crippen molar-refractivity contribution >= 4 is 23.1 Å². The summed E-state index contributed by atoms with van der Waals surface area (Å²) in [6.07, 6.45) is 3.05. The van der Waals surface area contributed by atoms with Crippen LogP contribution in [0.25, 0.3) is 0 Å². The fourth-order valence-electron chi connectivity index (χ4n) is 2.31. The number of aryl methyl sites for hydroxylation is 2. The zero-order valence-electron chi connectivity index (χ0n) is 10.5. The first kappa shape index (κ1) is 12.2. The van der Waals surface area contributed by atoms with Gasteiger partial charge < -0.3 is 5.32 Å². The van der Waals surface area contributed by atoms with Crippen LogP contribution in [0, 0.1) is 0 Å². The monoisotopic (exact) mass is 280 g/mol. The molecule has 18 heavy (non-hydrogen) atoms. The van der Waals surface area contributed by atoms with E-state index in [1.165, 1.54) is 22.6 Å². The summed E-state index contributed by atoms with van der Waals surface area (Å²) in [5.41, 5.74) is 2.63. The Morgan fingerprint density at radius 1 is 1.50 bits per heavy atom. The molecule has 0 aliphatic carbocycles. The molecule has 0 spiro atoms. The van der Waals surface area contributed by atoms with Crippen molar-refractivity contribution < 1.29 is 0 Å². The minimum absolute atomic E-state index is 0.200. The minimum Gasteiger partial charge on any atom is -0.307 e. The highest BCUT2D eigenvalue weighted by atomic mass is 32.2. The van der Waals surface area contributed by atoms with Crippen molar-refractivity contribution in [2.75, 3.05) is 12.8 Å². The third-order valence-electron chi connectivity index (χ3n) is 3.27. The van der Waals surface area contributed by atoms with Gasteiger partial charge in [0.1, 0.15) is 0 Å². The molecule has 1 aliphatic rings. The first-order valence-corrected chi connectivity index (χ1v) is 7.97. The first-order valence-electron chi connectivity index (χ1n) is 6.00. The summed E-state index contributed by atoms with van der Waals surface area (Å²) < 4.78 is 1.84. The Labute approximate surface area is 115 Å². The van der Waals surface area contributed by atoms with Crippen LogP contribution in [-0.2, 0) is 19.2 Å². The molecule has 0 radical (unpaired) electrons. The summed E-state index contributed by atoms with van der Waals surface area (Å²) in [6, 6.07) is 2.55. The summed E-state index contributed by atoms with van der Waals surface area (Å²) in [5, 5.41) is 11.4. The predicted molar refractivity (Wildman–Crippen MR) is 76.1 cm³/mol. The second kappa shape index (κ2) is 5.03. The number of nitrogens with one attached hydrogen (secondary N) is 1. The predicted octanol–water partition coefficient (Wildman–Crippen LogP) is 1.97. The first-order chi connectivity index (χ1) is 8.79. The van der Waals surface area contributed by atoms with Gasteiger partial charge in [-0.1, -0.05) is 5.21 Å². The molecule has 0 amide bonds. The number of hydrogen-bond acceptors (Lipinski definition) is 5. The summed E-state index contributed by atoms with van der Waals surface area (Å²) in [6.45, 7) is 0. The fraction of sp³-hybridized carbons (Fsp3) is 0.500. The zero-order valence-corrected chi connectivity index (χ0v) is 12.1. The molecular weight excluding hydrogens is 264 g/mol. The molecule has 3 heterocycles. The summed E-state index contributed by atoms with van der Waals surface area (Å²) in [5.74, 6) is 2.41. The number of hydrogen-bond donors (Lipinski definition) is 1. The molecule has 1 N–H and O–H groups in total. The number of fused-ring (bicyclic) bond motifs is 1. The van der Waals surface area contributed by atoms with Crippen LogP contribution in [0.15, 0.2) is 12.3 Å². The van der Waals surface area contributed by atoms with Crippen molar-refractivity contribution in [3.8, 4) is 0 Å². The van der Waals surface area contributed by atoms with E-state index in [4.69, 9.17) is 0 Å². The standard InChI is InChI=1S/C12H16N4S2/c1-13-12(9-6-14-15-16(9)2)11-5-8-7-17-4-3-10(8)18-11/h5-6,12-13H,3-4,7H2,1-2H3. The van der Waals surface area contributed by atoms with E-state index in [9.17, 15) is 0 Å². The fourth-order valence-corrected chi connectivity index (χ4v) is 4.81. The van der Waals surface area contributed by atoms with Gasteiger partial charge in [-0.05, 0) is 30.9 Å². The van der Waals surface area contributed by atoms with Crippen LogP contribution in [0.2, 0.25) is 0 Å². The van der Waals surface area contributed by atoms with E-state index in [-0.39, 0.29) is 6.04 Å². The lowest BCUT2D eigenvalue weighted by molar-refractivity contribution is 0.604. The van der Waals surface area contributed by atoms with Crippen molar-refractivity contribution in [1.29, 1.82) is 0 Å². The van der Waals surface area contributed by atoms with Crippen molar-refractivity contribution in [1.82, 2.24) is 20.3 Å². The Kier molecular flexibility index (Phi) is 3.41. The normalized spacial score (nSPS) is 16.6. The number of thioether (sulfide) groups is 1. The molecule has 3 rings (SSSR count). The Morgan fingerprint density at radius 3 is 3.06 bits per heavy atom. The Bertz CT molecular complexity index is 523. The van der Waals surface area contributed by atoms with Crippen LogP contribution in [0.1, 0.15) is 27.1 Å². The molecule has 0 saturated carbocycles. The number of thiophene rings is 1. The molecule has 0 saturated heterocycles. The molecule has 0 fully saturated rings. The SMILES string of the molecule is CNC(c1cc2c(s1)CCSC2)c1cnnn1C. The van der Waals surface area contributed by atoms with Crippen molar-refractivity contribution in [3.63, 3.8) is 0 Å². The van der Waals surface area contributed by atoms with Crippen LogP contribution in [-0.4, -0.2) is 27.8 Å². The topological polar surface area (TPSA) is 42.7 Å². The van der Waals surface area contributed by atoms with Gasteiger partial charge in [0, 0.05) is 22.6 Å². The number of rotatable bonds is 3. The number of aromatic nitrogens is 3. The average Bonchev–Trinajstić information content (AvgIpc) is 2.97. The average molecular weight is 280 g/mol. The second-order valence-electron chi connectivity index (χ2n) is 4.40. The van der Waals surface area contributed by atoms with Gasteiger partial charge in [-0.2, -0.15) is 11.8 Å². The van der Waals surface area contributed by atoms with E-state index in [2.05, 4.69) is 21.7 Å². The van der Waals surface area contributed by atoms with E-state index in [0.29, 0.717) is 0 Å². The van der Waals surface area contributed by atoms with E-state index in [1.807, 2.05) is 48.1 Å². The molecule has 1 unspecified atom stereocenters. The molecule has 2 aromatic rings. The minimum atomic E-state index is 0.200. The smallest absolute Gasteiger partial charge is 0.0856 e. The van der Waals surface area contributed by atoms with Gasteiger partial charge in [-0.3, -0.25) is 4.68 Å². The van der Waals surface area contributed by atoms with Gasteiger partial charge in [-0.15, -0.1) is 16.4 Å². The van der Waals surface area contributed by atoms with Gasteiger partial charge >= 0.3 is 0 Å². The quantitative estimate of drug-likeness (QED) is 0.933. The van der Waals surface area contributed by atoms with E-state index in [0.717, 1.165) is 11.4 Å². The highest BCUT2D eigenvalue weighted by Crippen LogP contribution is 2.36. The van der Waals surface area contributed by atoms with Crippen molar-refractivity contribution in [2.24, 2.45) is 7.05 Å². The van der Waals surface area contributed by atoms with Crippen LogP contribution < -0.4 is 5.32 Å². The van der Waals surface area contributed by atoms with E-state index in [1.54, 1.807) is 4.88 Å². The summed E-state index contributed by atoms with van der Waals surface area (Å²) >= 11 is 3.96. The maximum Gasteiger partial charge on any atom is 0.0856 e. The summed E-state index contributed by atoms with van der Waals surface area (Å²) in [4.78, 5) is 2.93. The second-order valence-corrected chi connectivity index (χ2v) is 6.68. The van der Waals surface area contributed by atoms with Crippen LogP contribution in [0.5, 0.6) is 0 Å². The Morgan fingerprint density at radius 2 is 2.39 bits per heavy atom. The lowest BCUT2D eigenvalue weighted by atomic mass is 10.1.